The van der Waals surface area contributed by atoms with Crippen molar-refractivity contribution in [1.29, 1.82) is 0 Å². The van der Waals surface area contributed by atoms with Gasteiger partial charge in [0.25, 0.3) is 0 Å². The van der Waals surface area contributed by atoms with Gasteiger partial charge in [0.1, 0.15) is 0 Å². The van der Waals surface area contributed by atoms with Gasteiger partial charge in [0.2, 0.25) is 0 Å². The van der Waals surface area contributed by atoms with Crippen molar-refractivity contribution >= 4 is 23.6 Å². The van der Waals surface area contributed by atoms with E-state index >= 15 is 0 Å². The second-order valence-electron chi connectivity index (χ2n) is 6.23. The van der Waals surface area contributed by atoms with Gasteiger partial charge in [-0.15, -0.1) is 0 Å². The fraction of sp³-hybridized carbons (Fsp3) is 0.389. The molecule has 138 valence electrons. The molecule has 8 heteroatoms. The second kappa shape index (κ2) is 7.37. The SMILES string of the molecule is CCOC(=O)c1nn(-c2ccc(Cl)cc2)c2c1CN(C(=O)N(C)C)CC2. The first kappa shape index (κ1) is 18.3. The molecule has 26 heavy (non-hydrogen) atoms. The molecule has 0 aliphatic carbocycles. The van der Waals surface area contributed by atoms with Crippen molar-refractivity contribution < 1.29 is 14.3 Å². The lowest BCUT2D eigenvalue weighted by atomic mass is 10.0. The van der Waals surface area contributed by atoms with Crippen LogP contribution in [0, 0.1) is 0 Å². The topological polar surface area (TPSA) is 67.7 Å². The number of rotatable bonds is 3. The third-order valence-corrected chi connectivity index (χ3v) is 4.50. The standard InChI is InChI=1S/C18H21ClN4O3/c1-4-26-17(24)16-14-11-22(18(25)21(2)3)10-9-15(14)23(20-16)13-7-5-12(19)6-8-13/h5-8H,4,9-11H2,1-3H3. The number of benzene rings is 1. The molecule has 0 atom stereocenters. The van der Waals surface area contributed by atoms with E-state index in [2.05, 4.69) is 5.10 Å². The van der Waals surface area contributed by atoms with Crippen molar-refractivity contribution in [2.45, 2.75) is 19.9 Å². The van der Waals surface area contributed by atoms with E-state index in [0.717, 1.165) is 16.9 Å². The van der Waals surface area contributed by atoms with E-state index in [1.54, 1.807) is 42.7 Å². The van der Waals surface area contributed by atoms with Crippen molar-refractivity contribution in [3.63, 3.8) is 0 Å². The summed E-state index contributed by atoms with van der Waals surface area (Å²) in [6.07, 6.45) is 0.601. The number of ether oxygens (including phenoxy) is 1. The molecular weight excluding hydrogens is 356 g/mol. The first-order valence-electron chi connectivity index (χ1n) is 8.42. The lowest BCUT2D eigenvalue weighted by Gasteiger charge is -2.30. The summed E-state index contributed by atoms with van der Waals surface area (Å²) in [7, 11) is 3.42. The van der Waals surface area contributed by atoms with Crippen LogP contribution in [0.2, 0.25) is 5.02 Å². The van der Waals surface area contributed by atoms with Gasteiger partial charge in [0.05, 0.1) is 24.5 Å². The predicted octanol–water partition coefficient (Wildman–Crippen LogP) is 2.74. The van der Waals surface area contributed by atoms with Gasteiger partial charge in [-0.1, -0.05) is 11.6 Å². The van der Waals surface area contributed by atoms with Crippen molar-refractivity contribution in [2.24, 2.45) is 0 Å². The van der Waals surface area contributed by atoms with Gasteiger partial charge < -0.3 is 14.5 Å². The Kier molecular flexibility index (Phi) is 5.18. The van der Waals surface area contributed by atoms with Crippen LogP contribution in [0.1, 0.15) is 28.7 Å². The maximum atomic E-state index is 12.4. The Morgan fingerprint density at radius 2 is 1.96 bits per heavy atom. The van der Waals surface area contributed by atoms with E-state index in [0.29, 0.717) is 24.5 Å². The number of nitrogens with zero attached hydrogens (tertiary/aromatic N) is 4. The number of amides is 2. The van der Waals surface area contributed by atoms with Gasteiger partial charge in [-0.3, -0.25) is 0 Å². The normalized spacial score (nSPS) is 13.3. The first-order valence-corrected chi connectivity index (χ1v) is 8.80. The van der Waals surface area contributed by atoms with Crippen LogP contribution in [0.3, 0.4) is 0 Å². The molecule has 3 rings (SSSR count). The molecule has 0 fully saturated rings. The van der Waals surface area contributed by atoms with Crippen LogP contribution < -0.4 is 0 Å². The van der Waals surface area contributed by atoms with Crippen molar-refractivity contribution in [2.75, 3.05) is 27.2 Å². The third-order valence-electron chi connectivity index (χ3n) is 4.25. The Morgan fingerprint density at radius 1 is 1.27 bits per heavy atom. The minimum atomic E-state index is -0.476. The molecule has 7 nitrogen and oxygen atoms in total. The van der Waals surface area contributed by atoms with E-state index in [4.69, 9.17) is 16.3 Å². The quantitative estimate of drug-likeness (QED) is 0.772. The number of hydrogen-bond acceptors (Lipinski definition) is 4. The Labute approximate surface area is 157 Å². The highest BCUT2D eigenvalue weighted by molar-refractivity contribution is 6.30. The summed E-state index contributed by atoms with van der Waals surface area (Å²) in [5, 5.41) is 5.12. The minimum absolute atomic E-state index is 0.0929. The Morgan fingerprint density at radius 3 is 2.58 bits per heavy atom. The van der Waals surface area contributed by atoms with Gasteiger partial charge in [-0.05, 0) is 31.2 Å². The van der Waals surface area contributed by atoms with Crippen LogP contribution in [-0.4, -0.2) is 58.8 Å². The van der Waals surface area contributed by atoms with Gasteiger partial charge >= 0.3 is 12.0 Å². The Balaban J connectivity index is 2.04. The van der Waals surface area contributed by atoms with Gasteiger partial charge in [-0.2, -0.15) is 5.10 Å². The zero-order valence-corrected chi connectivity index (χ0v) is 15.8. The van der Waals surface area contributed by atoms with Crippen LogP contribution >= 0.6 is 11.6 Å². The molecule has 0 bridgehead atoms. The molecule has 2 amide bonds. The van der Waals surface area contributed by atoms with Gasteiger partial charge in [0.15, 0.2) is 5.69 Å². The molecule has 0 spiro atoms. The average Bonchev–Trinajstić information content (AvgIpc) is 3.00. The number of aromatic nitrogens is 2. The van der Waals surface area contributed by atoms with Gasteiger partial charge in [0, 0.05) is 37.6 Å². The van der Waals surface area contributed by atoms with Crippen LogP contribution in [0.25, 0.3) is 5.69 Å². The van der Waals surface area contributed by atoms with Crippen LogP contribution in [-0.2, 0) is 17.7 Å². The molecule has 1 aliphatic rings. The lowest BCUT2D eigenvalue weighted by Crippen LogP contribution is -2.42. The maximum Gasteiger partial charge on any atom is 0.359 e. The summed E-state index contributed by atoms with van der Waals surface area (Å²) in [6.45, 7) is 2.91. The first-order chi connectivity index (χ1) is 12.4. The molecule has 1 aromatic heterocycles. The smallest absolute Gasteiger partial charge is 0.359 e. The number of carbonyl (C=O) groups is 2. The van der Waals surface area contributed by atoms with Crippen molar-refractivity contribution in [1.82, 2.24) is 19.6 Å². The summed E-state index contributed by atoms with van der Waals surface area (Å²) in [5.74, 6) is -0.476. The lowest BCUT2D eigenvalue weighted by molar-refractivity contribution is 0.0516. The molecule has 0 N–H and O–H groups in total. The van der Waals surface area contributed by atoms with E-state index in [1.165, 1.54) is 4.90 Å². The molecule has 1 aromatic carbocycles. The average molecular weight is 377 g/mol. The number of carbonyl (C=O) groups excluding carboxylic acids is 2. The van der Waals surface area contributed by atoms with E-state index < -0.39 is 5.97 Å². The molecule has 1 aliphatic heterocycles. The minimum Gasteiger partial charge on any atom is -0.461 e. The van der Waals surface area contributed by atoms with E-state index in [1.807, 2.05) is 12.1 Å². The fourth-order valence-corrected chi connectivity index (χ4v) is 3.15. The number of halogens is 1. The molecular formula is C18H21ClN4O3. The largest absolute Gasteiger partial charge is 0.461 e. The summed E-state index contributed by atoms with van der Waals surface area (Å²) in [5.41, 5.74) is 2.72. The molecule has 0 radical (unpaired) electrons. The van der Waals surface area contributed by atoms with E-state index in [9.17, 15) is 9.59 Å². The molecule has 0 unspecified atom stereocenters. The van der Waals surface area contributed by atoms with Crippen molar-refractivity contribution in [3.05, 3.63) is 46.2 Å². The fourth-order valence-electron chi connectivity index (χ4n) is 3.02. The summed E-state index contributed by atoms with van der Waals surface area (Å²) in [6, 6.07) is 7.16. The molecule has 0 saturated carbocycles. The summed E-state index contributed by atoms with van der Waals surface area (Å²) >= 11 is 5.97. The zero-order valence-electron chi connectivity index (χ0n) is 15.0. The number of fused-ring (bicyclic) bond motifs is 1. The van der Waals surface area contributed by atoms with Gasteiger partial charge in [-0.25, -0.2) is 14.3 Å². The zero-order chi connectivity index (χ0) is 18.8. The van der Waals surface area contributed by atoms with E-state index in [-0.39, 0.29) is 18.3 Å². The molecule has 0 saturated heterocycles. The Hall–Kier alpha value is -2.54. The molecule has 2 heterocycles. The predicted molar refractivity (Wildman–Crippen MR) is 97.7 cm³/mol. The number of esters is 1. The van der Waals surface area contributed by atoms with Crippen LogP contribution in [0.4, 0.5) is 4.79 Å². The highest BCUT2D eigenvalue weighted by atomic mass is 35.5. The van der Waals surface area contributed by atoms with Crippen LogP contribution in [0.5, 0.6) is 0 Å². The monoisotopic (exact) mass is 376 g/mol. The van der Waals surface area contributed by atoms with Crippen LogP contribution in [0.15, 0.2) is 24.3 Å². The number of urea groups is 1. The third kappa shape index (κ3) is 3.39. The highest BCUT2D eigenvalue weighted by Gasteiger charge is 2.31. The highest BCUT2D eigenvalue weighted by Crippen LogP contribution is 2.27. The second-order valence-corrected chi connectivity index (χ2v) is 6.67. The maximum absolute atomic E-state index is 12.4. The summed E-state index contributed by atoms with van der Waals surface area (Å²) < 4.78 is 6.90. The Bertz CT molecular complexity index is 830. The number of hydrogen-bond donors (Lipinski definition) is 0. The summed E-state index contributed by atoms with van der Waals surface area (Å²) in [4.78, 5) is 27.9. The molecule has 2 aromatic rings. The van der Waals surface area contributed by atoms with Crippen molar-refractivity contribution in [3.8, 4) is 5.69 Å².